The Morgan fingerprint density at radius 2 is 2.35 bits per heavy atom. The van der Waals surface area contributed by atoms with E-state index in [1.165, 1.54) is 0 Å². The zero-order valence-electron chi connectivity index (χ0n) is 12.2. The molecule has 2 heterocycles. The molecule has 7 heteroatoms. The molecule has 110 valence electrons. The monoisotopic (exact) mass is 279 g/mol. The molecule has 0 bridgehead atoms. The Labute approximate surface area is 118 Å². The molecule has 0 spiro atoms. The average Bonchev–Trinajstić information content (AvgIpc) is 3.05. The summed E-state index contributed by atoms with van der Waals surface area (Å²) in [6, 6.07) is 0.183. The Morgan fingerprint density at radius 3 is 3.00 bits per heavy atom. The second kappa shape index (κ2) is 7.16. The molecule has 0 aliphatic heterocycles. The number of hydrogen-bond donors (Lipinski definition) is 1. The van der Waals surface area contributed by atoms with Crippen LogP contribution in [0.3, 0.4) is 0 Å². The van der Waals surface area contributed by atoms with Crippen LogP contribution in [-0.4, -0.2) is 46.2 Å². The van der Waals surface area contributed by atoms with Gasteiger partial charge in [-0.25, -0.2) is 0 Å². The first-order chi connectivity index (χ1) is 9.72. The van der Waals surface area contributed by atoms with Crippen molar-refractivity contribution in [3.63, 3.8) is 0 Å². The number of methoxy groups -OCH3 is 1. The molecule has 1 atom stereocenters. The highest BCUT2D eigenvalue weighted by Gasteiger charge is 2.15. The van der Waals surface area contributed by atoms with Gasteiger partial charge < -0.3 is 14.6 Å². The van der Waals surface area contributed by atoms with Gasteiger partial charge in [-0.1, -0.05) is 12.1 Å². The Morgan fingerprint density at radius 1 is 1.50 bits per heavy atom. The van der Waals surface area contributed by atoms with Crippen molar-refractivity contribution in [3.05, 3.63) is 18.3 Å². The van der Waals surface area contributed by atoms with Crippen molar-refractivity contribution in [1.29, 1.82) is 0 Å². The molecule has 0 aromatic carbocycles. The number of hydrogen-bond acceptors (Lipinski definition) is 6. The fourth-order valence-corrected chi connectivity index (χ4v) is 1.94. The summed E-state index contributed by atoms with van der Waals surface area (Å²) in [6.07, 6.45) is 5.30. The maximum atomic E-state index is 5.29. The molecule has 7 nitrogen and oxygen atoms in total. The van der Waals surface area contributed by atoms with Gasteiger partial charge in [-0.3, -0.25) is 4.68 Å². The van der Waals surface area contributed by atoms with Gasteiger partial charge in [0.05, 0.1) is 18.4 Å². The smallest absolute Gasteiger partial charge is 0.228 e. The van der Waals surface area contributed by atoms with E-state index in [2.05, 4.69) is 27.5 Å². The molecule has 0 aliphatic rings. The Kier molecular flexibility index (Phi) is 5.25. The Hall–Kier alpha value is -1.73. The van der Waals surface area contributed by atoms with Gasteiger partial charge in [-0.05, 0) is 13.0 Å². The molecular weight excluding hydrogens is 258 g/mol. The molecule has 1 unspecified atom stereocenters. The van der Waals surface area contributed by atoms with E-state index < -0.39 is 0 Å². The van der Waals surface area contributed by atoms with Crippen molar-refractivity contribution >= 4 is 0 Å². The maximum Gasteiger partial charge on any atom is 0.228 e. The van der Waals surface area contributed by atoms with Gasteiger partial charge in [0, 0.05) is 32.8 Å². The molecular formula is C13H21N5O2. The highest BCUT2D eigenvalue weighted by Crippen LogP contribution is 2.14. The minimum absolute atomic E-state index is 0.183. The molecule has 0 saturated carbocycles. The van der Waals surface area contributed by atoms with E-state index in [0.29, 0.717) is 24.7 Å². The topological polar surface area (TPSA) is 78.0 Å². The quantitative estimate of drug-likeness (QED) is 0.777. The lowest BCUT2D eigenvalue weighted by atomic mass is 10.2. The van der Waals surface area contributed by atoms with Gasteiger partial charge in [0.2, 0.25) is 11.7 Å². The molecule has 0 fully saturated rings. The van der Waals surface area contributed by atoms with Crippen LogP contribution in [-0.2, 0) is 18.2 Å². The Balaban J connectivity index is 2.00. The van der Waals surface area contributed by atoms with E-state index >= 15 is 0 Å². The SMILES string of the molecule is CCCNC(COC)Cc1nc(-c2cnn(C)c2)no1. The first-order valence-electron chi connectivity index (χ1n) is 6.76. The summed E-state index contributed by atoms with van der Waals surface area (Å²) in [4.78, 5) is 4.40. The van der Waals surface area contributed by atoms with Crippen LogP contribution in [0.4, 0.5) is 0 Å². The number of aryl methyl sites for hydroxylation is 1. The fraction of sp³-hybridized carbons (Fsp3) is 0.615. The second-order valence-corrected chi connectivity index (χ2v) is 4.72. The van der Waals surface area contributed by atoms with Gasteiger partial charge in [-0.2, -0.15) is 10.1 Å². The lowest BCUT2D eigenvalue weighted by Crippen LogP contribution is -2.35. The predicted octanol–water partition coefficient (Wildman–Crippen LogP) is 1.03. The van der Waals surface area contributed by atoms with Crippen LogP contribution in [0.25, 0.3) is 11.4 Å². The summed E-state index contributed by atoms with van der Waals surface area (Å²) >= 11 is 0. The third-order valence-electron chi connectivity index (χ3n) is 2.90. The van der Waals surface area contributed by atoms with Gasteiger partial charge >= 0.3 is 0 Å². The number of nitrogens with one attached hydrogen (secondary N) is 1. The molecule has 0 saturated heterocycles. The lowest BCUT2D eigenvalue weighted by molar-refractivity contribution is 0.161. The van der Waals surface area contributed by atoms with E-state index in [9.17, 15) is 0 Å². The highest BCUT2D eigenvalue weighted by atomic mass is 16.5. The van der Waals surface area contributed by atoms with Gasteiger partial charge in [0.15, 0.2) is 0 Å². The minimum Gasteiger partial charge on any atom is -0.383 e. The number of nitrogens with zero attached hydrogens (tertiary/aromatic N) is 4. The fourth-order valence-electron chi connectivity index (χ4n) is 1.94. The summed E-state index contributed by atoms with van der Waals surface area (Å²) in [5.41, 5.74) is 0.854. The average molecular weight is 279 g/mol. The van der Waals surface area contributed by atoms with Crippen LogP contribution in [0.15, 0.2) is 16.9 Å². The van der Waals surface area contributed by atoms with Crippen molar-refractivity contribution in [2.75, 3.05) is 20.3 Å². The van der Waals surface area contributed by atoms with Crippen LogP contribution in [0.1, 0.15) is 19.2 Å². The minimum atomic E-state index is 0.183. The largest absolute Gasteiger partial charge is 0.383 e. The van der Waals surface area contributed by atoms with Gasteiger partial charge in [0.25, 0.3) is 0 Å². The molecule has 0 radical (unpaired) electrons. The maximum absolute atomic E-state index is 5.29. The number of aromatic nitrogens is 4. The lowest BCUT2D eigenvalue weighted by Gasteiger charge is -2.15. The third-order valence-corrected chi connectivity index (χ3v) is 2.90. The summed E-state index contributed by atoms with van der Waals surface area (Å²) in [5, 5.41) is 11.5. The summed E-state index contributed by atoms with van der Waals surface area (Å²) < 4.78 is 12.2. The first kappa shape index (κ1) is 14.7. The highest BCUT2D eigenvalue weighted by molar-refractivity contribution is 5.50. The van der Waals surface area contributed by atoms with Crippen LogP contribution in [0.5, 0.6) is 0 Å². The Bertz CT molecular complexity index is 522. The molecule has 20 heavy (non-hydrogen) atoms. The molecule has 2 aromatic rings. The number of ether oxygens (including phenoxy) is 1. The van der Waals surface area contributed by atoms with Crippen molar-refractivity contribution in [1.82, 2.24) is 25.2 Å². The number of rotatable bonds is 8. The third kappa shape index (κ3) is 3.88. The van der Waals surface area contributed by atoms with Gasteiger partial charge in [-0.15, -0.1) is 0 Å². The standard InChI is InChI=1S/C13H21N5O2/c1-4-5-14-11(9-19-3)6-12-16-13(17-20-12)10-7-15-18(2)8-10/h7-8,11,14H,4-6,9H2,1-3H3. The van der Waals surface area contributed by atoms with Crippen molar-refractivity contribution in [2.45, 2.75) is 25.8 Å². The summed E-state index contributed by atoms with van der Waals surface area (Å²) in [5.74, 6) is 1.18. The van der Waals surface area contributed by atoms with Crippen LogP contribution in [0, 0.1) is 0 Å². The van der Waals surface area contributed by atoms with E-state index in [0.717, 1.165) is 18.5 Å². The molecule has 0 amide bonds. The van der Waals surface area contributed by atoms with Crippen molar-refractivity contribution in [2.24, 2.45) is 7.05 Å². The van der Waals surface area contributed by atoms with Crippen LogP contribution < -0.4 is 5.32 Å². The zero-order valence-corrected chi connectivity index (χ0v) is 12.2. The van der Waals surface area contributed by atoms with E-state index in [4.69, 9.17) is 9.26 Å². The van der Waals surface area contributed by atoms with Gasteiger partial charge in [0.1, 0.15) is 0 Å². The van der Waals surface area contributed by atoms with Crippen molar-refractivity contribution in [3.8, 4) is 11.4 Å². The summed E-state index contributed by atoms with van der Waals surface area (Å²) in [6.45, 7) is 3.69. The van der Waals surface area contributed by atoms with E-state index in [1.807, 2.05) is 13.2 Å². The van der Waals surface area contributed by atoms with E-state index in [-0.39, 0.29) is 6.04 Å². The van der Waals surface area contributed by atoms with Crippen LogP contribution in [0.2, 0.25) is 0 Å². The molecule has 2 rings (SSSR count). The molecule has 0 aliphatic carbocycles. The first-order valence-corrected chi connectivity index (χ1v) is 6.76. The molecule has 2 aromatic heterocycles. The normalized spacial score (nSPS) is 12.8. The summed E-state index contributed by atoms with van der Waals surface area (Å²) in [7, 11) is 3.54. The van der Waals surface area contributed by atoms with Crippen molar-refractivity contribution < 1.29 is 9.26 Å². The van der Waals surface area contributed by atoms with E-state index in [1.54, 1.807) is 18.0 Å². The predicted molar refractivity (Wildman–Crippen MR) is 74.2 cm³/mol. The zero-order chi connectivity index (χ0) is 14.4. The van der Waals surface area contributed by atoms with Crippen LogP contribution >= 0.6 is 0 Å². The molecule has 1 N–H and O–H groups in total. The second-order valence-electron chi connectivity index (χ2n) is 4.72.